The third-order valence-corrected chi connectivity index (χ3v) is 4.33. The number of anilines is 1. The number of para-hydroxylation sites is 1. The van der Waals surface area contributed by atoms with Crippen molar-refractivity contribution in [1.29, 1.82) is 0 Å². The second-order valence-corrected chi connectivity index (χ2v) is 5.45. The topological polar surface area (TPSA) is 83.9 Å². The minimum absolute atomic E-state index is 0.343. The Morgan fingerprint density at radius 1 is 1.04 bits per heavy atom. The van der Waals surface area contributed by atoms with Gasteiger partial charge in [0.1, 0.15) is 0 Å². The van der Waals surface area contributed by atoms with Gasteiger partial charge in [-0.15, -0.1) is 0 Å². The van der Waals surface area contributed by atoms with E-state index in [1.807, 2.05) is 0 Å². The molecule has 2 unspecified atom stereocenters. The van der Waals surface area contributed by atoms with E-state index >= 15 is 0 Å². The van der Waals surface area contributed by atoms with Crippen molar-refractivity contribution in [2.45, 2.75) is 5.54 Å². The summed E-state index contributed by atoms with van der Waals surface area (Å²) in [5.74, 6) is -4.39. The molecule has 4 rings (SSSR count). The number of Topliss-reactive ketones (excluding diaryl/α,β-unsaturated/α-hetero) is 1. The summed E-state index contributed by atoms with van der Waals surface area (Å²) in [6, 6.07) is 15.0. The van der Waals surface area contributed by atoms with Gasteiger partial charge in [0, 0.05) is 5.56 Å². The zero-order valence-electron chi connectivity index (χ0n) is 11.8. The molecule has 2 aromatic carbocycles. The molecule has 1 saturated heterocycles. The Balaban J connectivity index is 2.06. The fraction of sp³-hybridized carbons (Fsp3) is 0.118. The Labute approximate surface area is 130 Å². The predicted molar refractivity (Wildman–Crippen MR) is 78.6 cm³/mol. The summed E-state index contributed by atoms with van der Waals surface area (Å²) in [5.41, 5.74) is -0.540. The molecule has 1 N–H and O–H groups in total. The number of hydroxylamine groups is 1. The van der Waals surface area contributed by atoms with Gasteiger partial charge >= 0.3 is 11.9 Å². The maximum atomic E-state index is 13.1. The van der Waals surface area contributed by atoms with E-state index in [2.05, 4.69) is 0 Å². The van der Waals surface area contributed by atoms with Gasteiger partial charge in [0.25, 0.3) is 0 Å². The third-order valence-electron chi connectivity index (χ3n) is 4.33. The fourth-order valence-corrected chi connectivity index (χ4v) is 3.40. The van der Waals surface area contributed by atoms with Crippen LogP contribution in [0.25, 0.3) is 0 Å². The van der Waals surface area contributed by atoms with Gasteiger partial charge in [-0.3, -0.25) is 9.59 Å². The second kappa shape index (κ2) is 4.42. The van der Waals surface area contributed by atoms with Crippen LogP contribution in [0.5, 0.6) is 0 Å². The van der Waals surface area contributed by atoms with E-state index in [1.165, 1.54) is 0 Å². The number of hydrogen-bond acceptors (Lipinski definition) is 5. The predicted octanol–water partition coefficient (Wildman–Crippen LogP) is 1.76. The van der Waals surface area contributed by atoms with Gasteiger partial charge in [0.2, 0.25) is 0 Å². The van der Waals surface area contributed by atoms with Crippen LogP contribution >= 0.6 is 0 Å². The number of fused-ring (bicyclic) bond motifs is 3. The Bertz CT molecular complexity index is 847. The van der Waals surface area contributed by atoms with E-state index in [1.54, 1.807) is 54.6 Å². The van der Waals surface area contributed by atoms with Crippen LogP contribution in [0, 0.1) is 5.92 Å². The second-order valence-electron chi connectivity index (χ2n) is 5.45. The first-order chi connectivity index (χ1) is 11.1. The van der Waals surface area contributed by atoms with Crippen LogP contribution in [0.1, 0.15) is 15.9 Å². The van der Waals surface area contributed by atoms with Crippen molar-refractivity contribution < 1.29 is 24.3 Å². The number of carbonyl (C=O) groups is 3. The summed E-state index contributed by atoms with van der Waals surface area (Å²) < 4.78 is 0. The molecule has 23 heavy (non-hydrogen) atoms. The first kappa shape index (κ1) is 13.5. The van der Waals surface area contributed by atoms with Crippen LogP contribution in [0.4, 0.5) is 5.69 Å². The van der Waals surface area contributed by atoms with Crippen molar-refractivity contribution in [3.8, 4) is 0 Å². The van der Waals surface area contributed by atoms with Crippen molar-refractivity contribution in [2.75, 3.05) is 5.06 Å². The number of benzene rings is 2. The van der Waals surface area contributed by atoms with Crippen LogP contribution in [-0.4, -0.2) is 22.8 Å². The minimum Gasteiger partial charge on any atom is -0.481 e. The normalized spacial score (nSPS) is 25.0. The number of carboxylic acids is 1. The number of carboxylic acid groups (broad SMARTS) is 1. The van der Waals surface area contributed by atoms with E-state index in [4.69, 9.17) is 4.84 Å². The number of rotatable bonds is 2. The Hall–Kier alpha value is -3.15. The molecule has 0 amide bonds. The van der Waals surface area contributed by atoms with Crippen molar-refractivity contribution in [3.63, 3.8) is 0 Å². The molecule has 2 aliphatic heterocycles. The highest BCUT2D eigenvalue weighted by Crippen LogP contribution is 2.53. The van der Waals surface area contributed by atoms with Crippen LogP contribution in [0.2, 0.25) is 0 Å². The van der Waals surface area contributed by atoms with Crippen molar-refractivity contribution >= 4 is 23.4 Å². The molecule has 2 aliphatic rings. The third kappa shape index (κ3) is 1.49. The molecule has 0 aliphatic carbocycles. The highest BCUT2D eigenvalue weighted by molar-refractivity contribution is 6.20. The standard InChI is InChI=1S/C17H11NO5/c19-14-11-8-4-5-9-12(11)18-17(14,10-6-2-1-3-7-10)13(15(20)21)16(22)23-18/h1-9,13H,(H,20,21). The average molecular weight is 309 g/mol. The van der Waals surface area contributed by atoms with Crippen LogP contribution in [0.3, 0.4) is 0 Å². The number of ketones is 1. The monoisotopic (exact) mass is 309 g/mol. The maximum Gasteiger partial charge on any atom is 0.350 e. The lowest BCUT2D eigenvalue weighted by Crippen LogP contribution is -2.50. The van der Waals surface area contributed by atoms with Crippen LogP contribution < -0.4 is 5.06 Å². The number of nitrogens with zero attached hydrogens (tertiary/aromatic N) is 1. The molecule has 114 valence electrons. The number of carbonyl (C=O) groups excluding carboxylic acids is 2. The molecule has 1 fully saturated rings. The molecular formula is C17H11NO5. The molecule has 2 aromatic rings. The van der Waals surface area contributed by atoms with Crippen molar-refractivity contribution in [3.05, 3.63) is 65.7 Å². The highest BCUT2D eigenvalue weighted by atomic mass is 16.7. The van der Waals surface area contributed by atoms with Gasteiger partial charge in [-0.2, -0.15) is 5.06 Å². The molecule has 2 atom stereocenters. The van der Waals surface area contributed by atoms with Gasteiger partial charge in [-0.05, 0) is 17.7 Å². The maximum absolute atomic E-state index is 13.1. The molecule has 0 spiro atoms. The summed E-state index contributed by atoms with van der Waals surface area (Å²) in [5, 5.41) is 10.7. The summed E-state index contributed by atoms with van der Waals surface area (Å²) in [6.07, 6.45) is 0. The molecule has 6 heteroatoms. The molecule has 0 aromatic heterocycles. The van der Waals surface area contributed by atoms with Crippen LogP contribution in [-0.2, 0) is 20.0 Å². The number of hydrogen-bond donors (Lipinski definition) is 1. The number of aliphatic carboxylic acids is 1. The molecule has 0 radical (unpaired) electrons. The Morgan fingerprint density at radius 3 is 2.39 bits per heavy atom. The zero-order chi connectivity index (χ0) is 16.2. The highest BCUT2D eigenvalue weighted by Gasteiger charge is 2.69. The van der Waals surface area contributed by atoms with Crippen molar-refractivity contribution in [2.24, 2.45) is 5.92 Å². The fourth-order valence-electron chi connectivity index (χ4n) is 3.40. The van der Waals surface area contributed by atoms with Gasteiger partial charge in [0.15, 0.2) is 17.2 Å². The van der Waals surface area contributed by atoms with E-state index in [-0.39, 0.29) is 0 Å². The Kier molecular flexibility index (Phi) is 2.60. The smallest absolute Gasteiger partial charge is 0.350 e. The average Bonchev–Trinajstić information content (AvgIpc) is 3.00. The van der Waals surface area contributed by atoms with Gasteiger partial charge < -0.3 is 9.94 Å². The summed E-state index contributed by atoms with van der Waals surface area (Å²) in [7, 11) is 0. The van der Waals surface area contributed by atoms with Crippen molar-refractivity contribution in [1.82, 2.24) is 0 Å². The van der Waals surface area contributed by atoms with E-state index < -0.39 is 29.2 Å². The molecule has 6 nitrogen and oxygen atoms in total. The summed E-state index contributed by atoms with van der Waals surface area (Å²) >= 11 is 0. The SMILES string of the molecule is O=C(O)C1C(=O)ON2c3ccccc3C(=O)C12c1ccccc1. The van der Waals surface area contributed by atoms with E-state index in [0.717, 1.165) is 5.06 Å². The molecule has 0 saturated carbocycles. The lowest BCUT2D eigenvalue weighted by atomic mass is 9.75. The van der Waals surface area contributed by atoms with Crippen LogP contribution in [0.15, 0.2) is 54.6 Å². The zero-order valence-corrected chi connectivity index (χ0v) is 11.8. The molecule has 2 heterocycles. The quantitative estimate of drug-likeness (QED) is 0.851. The summed E-state index contributed by atoms with van der Waals surface area (Å²) in [4.78, 5) is 42.2. The van der Waals surface area contributed by atoms with Gasteiger partial charge in [0.05, 0.1) is 5.69 Å². The van der Waals surface area contributed by atoms with E-state index in [9.17, 15) is 19.5 Å². The van der Waals surface area contributed by atoms with Gasteiger partial charge in [-0.1, -0.05) is 42.5 Å². The minimum atomic E-state index is -1.70. The largest absolute Gasteiger partial charge is 0.481 e. The lowest BCUT2D eigenvalue weighted by Gasteiger charge is -2.30. The lowest BCUT2D eigenvalue weighted by molar-refractivity contribution is -0.152. The summed E-state index contributed by atoms with van der Waals surface area (Å²) in [6.45, 7) is 0. The molecule has 0 bridgehead atoms. The Morgan fingerprint density at radius 2 is 1.70 bits per heavy atom. The first-order valence-electron chi connectivity index (χ1n) is 7.02. The van der Waals surface area contributed by atoms with E-state index in [0.29, 0.717) is 16.8 Å². The molecular weight excluding hydrogens is 298 g/mol. The van der Waals surface area contributed by atoms with Gasteiger partial charge in [-0.25, -0.2) is 4.79 Å². The first-order valence-corrected chi connectivity index (χ1v) is 7.02.